The van der Waals surface area contributed by atoms with Crippen molar-refractivity contribution in [2.45, 2.75) is 25.8 Å². The Morgan fingerprint density at radius 2 is 2.00 bits per heavy atom. The third kappa shape index (κ3) is 6.09. The Morgan fingerprint density at radius 3 is 2.59 bits per heavy atom. The van der Waals surface area contributed by atoms with Crippen molar-refractivity contribution in [1.82, 2.24) is 15.5 Å². The lowest BCUT2D eigenvalue weighted by Gasteiger charge is -2.29. The molecule has 3 aromatic rings. The van der Waals surface area contributed by atoms with Crippen molar-refractivity contribution in [3.63, 3.8) is 0 Å². The van der Waals surface area contributed by atoms with Gasteiger partial charge in [-0.15, -0.1) is 0 Å². The molecule has 2 aromatic carbocycles. The number of hydrogen-bond donors (Lipinski definition) is 3. The van der Waals surface area contributed by atoms with Crippen LogP contribution in [0.2, 0.25) is 5.02 Å². The number of carbonyl (C=O) groups excluding carboxylic acids is 1. The second kappa shape index (κ2) is 10.6. The van der Waals surface area contributed by atoms with Crippen LogP contribution in [0.4, 0.5) is 4.39 Å². The lowest BCUT2D eigenvalue weighted by atomic mass is 9.82. The van der Waals surface area contributed by atoms with Crippen LogP contribution in [0.5, 0.6) is 0 Å². The number of amides is 1. The summed E-state index contributed by atoms with van der Waals surface area (Å²) in [6.45, 7) is 1.43. The average Bonchev–Trinajstić information content (AvgIpc) is 3.22. The van der Waals surface area contributed by atoms with Crippen LogP contribution in [-0.4, -0.2) is 46.9 Å². The topological polar surface area (TPSA) is 135 Å². The van der Waals surface area contributed by atoms with Crippen LogP contribution in [0.1, 0.15) is 29.5 Å². The molecule has 11 heteroatoms. The van der Waals surface area contributed by atoms with Crippen LogP contribution in [0.3, 0.4) is 0 Å². The van der Waals surface area contributed by atoms with E-state index in [1.54, 1.807) is 24.3 Å². The van der Waals surface area contributed by atoms with Gasteiger partial charge in [-0.1, -0.05) is 35.9 Å². The predicted molar refractivity (Wildman–Crippen MR) is 121 cm³/mol. The first kappa shape index (κ1) is 25.1. The Kier molecular flexibility index (Phi) is 7.85. The largest absolute Gasteiger partial charge is 0.481 e. The first-order valence-corrected chi connectivity index (χ1v) is 10.6. The van der Waals surface area contributed by atoms with Crippen molar-refractivity contribution in [2.24, 2.45) is 5.41 Å². The third-order valence-electron chi connectivity index (χ3n) is 5.34. The maximum atomic E-state index is 14.2. The summed E-state index contributed by atoms with van der Waals surface area (Å²) in [6, 6.07) is 10.5. The molecule has 0 aliphatic heterocycles. The Labute approximate surface area is 198 Å². The van der Waals surface area contributed by atoms with E-state index >= 15 is 0 Å². The molecule has 2 atom stereocenters. The first-order valence-electron chi connectivity index (χ1n) is 10.2. The first-order chi connectivity index (χ1) is 16.1. The SMILES string of the molecule is COCC(C)(C[C@@H](Cc1ccc(-c2cc(Cl)ccc2F)cc1)NC(=O)c1noc(=O)[nH]1)C(=O)O. The minimum absolute atomic E-state index is 0.0225. The number of nitrogens with one attached hydrogen (secondary N) is 2. The normalized spacial score (nSPS) is 13.8. The predicted octanol–water partition coefficient (Wildman–Crippen LogP) is 3.29. The van der Waals surface area contributed by atoms with Gasteiger partial charge < -0.3 is 15.2 Å². The summed E-state index contributed by atoms with van der Waals surface area (Å²) in [5.74, 6) is -3.44. The molecule has 0 spiro atoms. The summed E-state index contributed by atoms with van der Waals surface area (Å²) >= 11 is 5.98. The summed E-state index contributed by atoms with van der Waals surface area (Å²) in [5.41, 5.74) is 0.417. The minimum Gasteiger partial charge on any atom is -0.481 e. The molecule has 1 amide bonds. The van der Waals surface area contributed by atoms with E-state index in [-0.39, 0.29) is 25.3 Å². The third-order valence-corrected chi connectivity index (χ3v) is 5.58. The highest BCUT2D eigenvalue weighted by molar-refractivity contribution is 6.30. The maximum absolute atomic E-state index is 14.2. The average molecular weight is 492 g/mol. The standard InChI is InChI=1S/C23H23ClFN3O6/c1-23(12-33-2,21(30)31)11-16(26-20(29)19-27-22(32)34-28-19)9-13-3-5-14(6-4-13)17-10-15(24)7-8-18(17)25/h3-8,10,16H,9,11-12H2,1-2H3,(H,26,29)(H,30,31)(H,27,28,32)/t16-,23?/m1/s1. The van der Waals surface area contributed by atoms with Crippen molar-refractivity contribution in [1.29, 1.82) is 0 Å². The number of hydrogen-bond acceptors (Lipinski definition) is 6. The van der Waals surface area contributed by atoms with Crippen molar-refractivity contribution < 1.29 is 28.3 Å². The number of methoxy groups -OCH3 is 1. The zero-order valence-electron chi connectivity index (χ0n) is 18.4. The van der Waals surface area contributed by atoms with Crippen LogP contribution in [-0.2, 0) is 16.0 Å². The summed E-state index contributed by atoms with van der Waals surface area (Å²) in [7, 11) is 1.39. The van der Waals surface area contributed by atoms with E-state index in [9.17, 15) is 23.9 Å². The number of carbonyl (C=O) groups is 2. The minimum atomic E-state index is -1.30. The highest BCUT2D eigenvalue weighted by atomic mass is 35.5. The van der Waals surface area contributed by atoms with E-state index in [1.807, 2.05) is 0 Å². The highest BCUT2D eigenvalue weighted by Crippen LogP contribution is 2.28. The molecule has 0 saturated carbocycles. The Hall–Kier alpha value is -3.50. The molecule has 1 aromatic heterocycles. The van der Waals surface area contributed by atoms with E-state index in [0.717, 1.165) is 5.56 Å². The number of H-pyrrole nitrogens is 1. The fourth-order valence-corrected chi connectivity index (χ4v) is 3.82. The lowest BCUT2D eigenvalue weighted by Crippen LogP contribution is -2.44. The van der Waals surface area contributed by atoms with E-state index in [2.05, 4.69) is 20.0 Å². The molecule has 0 aliphatic rings. The molecule has 0 fully saturated rings. The molecule has 34 heavy (non-hydrogen) atoms. The van der Waals surface area contributed by atoms with Crippen LogP contribution in [0, 0.1) is 11.2 Å². The fourth-order valence-electron chi connectivity index (χ4n) is 3.65. The molecule has 3 rings (SSSR count). The lowest BCUT2D eigenvalue weighted by molar-refractivity contribution is -0.152. The summed E-state index contributed by atoms with van der Waals surface area (Å²) in [5, 5.41) is 16.2. The number of nitrogens with zero attached hydrogens (tertiary/aromatic N) is 1. The molecule has 3 N–H and O–H groups in total. The van der Waals surface area contributed by atoms with Gasteiger partial charge in [-0.25, -0.2) is 9.18 Å². The zero-order valence-corrected chi connectivity index (χ0v) is 19.2. The van der Waals surface area contributed by atoms with Gasteiger partial charge in [-0.3, -0.25) is 19.1 Å². The van der Waals surface area contributed by atoms with Gasteiger partial charge in [0.05, 0.1) is 12.0 Å². The Balaban J connectivity index is 1.85. The van der Waals surface area contributed by atoms with Gasteiger partial charge >= 0.3 is 11.7 Å². The monoisotopic (exact) mass is 491 g/mol. The van der Waals surface area contributed by atoms with Gasteiger partial charge in [0.1, 0.15) is 5.82 Å². The summed E-state index contributed by atoms with van der Waals surface area (Å²) in [4.78, 5) is 37.8. The van der Waals surface area contributed by atoms with Gasteiger partial charge in [0.2, 0.25) is 5.82 Å². The van der Waals surface area contributed by atoms with Gasteiger partial charge in [-0.2, -0.15) is 0 Å². The quantitative estimate of drug-likeness (QED) is 0.396. The van der Waals surface area contributed by atoms with Gasteiger partial charge in [0.25, 0.3) is 5.91 Å². The van der Waals surface area contributed by atoms with Crippen molar-refractivity contribution in [3.8, 4) is 11.1 Å². The van der Waals surface area contributed by atoms with Crippen LogP contribution in [0.15, 0.2) is 51.8 Å². The molecule has 9 nitrogen and oxygen atoms in total. The number of aliphatic carboxylic acids is 1. The molecule has 0 radical (unpaired) electrons. The number of carboxylic acid groups (broad SMARTS) is 1. The number of benzene rings is 2. The van der Waals surface area contributed by atoms with Crippen molar-refractivity contribution in [2.75, 3.05) is 13.7 Å². The number of ether oxygens (including phenoxy) is 1. The van der Waals surface area contributed by atoms with Gasteiger partial charge in [0, 0.05) is 23.7 Å². The van der Waals surface area contributed by atoms with Crippen molar-refractivity contribution in [3.05, 3.63) is 75.2 Å². The molecule has 0 bridgehead atoms. The van der Waals surface area contributed by atoms with E-state index < -0.39 is 34.9 Å². The second-order valence-corrected chi connectivity index (χ2v) is 8.58. The number of halogens is 2. The molecule has 180 valence electrons. The van der Waals surface area contributed by atoms with Crippen molar-refractivity contribution >= 4 is 23.5 Å². The van der Waals surface area contributed by atoms with Gasteiger partial charge in [-0.05, 0) is 54.2 Å². The van der Waals surface area contributed by atoms with Crippen LogP contribution < -0.4 is 11.1 Å². The number of rotatable bonds is 10. The molecule has 0 saturated heterocycles. The number of aromatic amines is 1. The molecular weight excluding hydrogens is 469 g/mol. The number of carboxylic acids is 1. The summed E-state index contributed by atoms with van der Waals surface area (Å²) in [6.07, 6.45) is 0.271. The smallest absolute Gasteiger partial charge is 0.439 e. The Morgan fingerprint density at radius 1 is 1.29 bits per heavy atom. The molecule has 1 heterocycles. The van der Waals surface area contributed by atoms with E-state index in [1.165, 1.54) is 32.2 Å². The maximum Gasteiger partial charge on any atom is 0.439 e. The zero-order chi connectivity index (χ0) is 24.9. The van der Waals surface area contributed by atoms with E-state index in [0.29, 0.717) is 16.1 Å². The highest BCUT2D eigenvalue weighted by Gasteiger charge is 2.37. The fraction of sp³-hybridized carbons (Fsp3) is 0.304. The van der Waals surface area contributed by atoms with Crippen LogP contribution >= 0.6 is 11.6 Å². The molecule has 1 unspecified atom stereocenters. The molecular formula is C23H23ClFN3O6. The summed E-state index contributed by atoms with van der Waals surface area (Å²) < 4.78 is 23.6. The van der Waals surface area contributed by atoms with E-state index in [4.69, 9.17) is 16.3 Å². The molecule has 0 aliphatic carbocycles. The Bertz CT molecular complexity index is 1230. The van der Waals surface area contributed by atoms with Crippen LogP contribution in [0.25, 0.3) is 11.1 Å². The second-order valence-electron chi connectivity index (χ2n) is 8.14. The number of aromatic nitrogens is 2. The van der Waals surface area contributed by atoms with Gasteiger partial charge in [0.15, 0.2) is 0 Å².